The molecule has 0 radical (unpaired) electrons. The van der Waals surface area contributed by atoms with E-state index in [0.717, 1.165) is 31.2 Å². The van der Waals surface area contributed by atoms with Crippen LogP contribution in [0.15, 0.2) is 72.8 Å². The fourth-order valence-electron chi connectivity index (χ4n) is 4.34. The molecule has 1 saturated carbocycles. The summed E-state index contributed by atoms with van der Waals surface area (Å²) in [6.07, 6.45) is 3.62. The van der Waals surface area contributed by atoms with Gasteiger partial charge >= 0.3 is 0 Å². The van der Waals surface area contributed by atoms with Gasteiger partial charge in [-0.15, -0.1) is 0 Å². The molecule has 1 aliphatic carbocycles. The van der Waals surface area contributed by atoms with Crippen LogP contribution in [0, 0.1) is 5.82 Å². The molecule has 164 valence electrons. The van der Waals surface area contributed by atoms with E-state index in [0.29, 0.717) is 17.1 Å². The average Bonchev–Trinajstić information content (AvgIpc) is 3.32. The van der Waals surface area contributed by atoms with E-state index in [2.05, 4.69) is 10.6 Å². The van der Waals surface area contributed by atoms with Gasteiger partial charge in [0.25, 0.3) is 5.91 Å². The molecule has 0 bridgehead atoms. The number of carbonyl (C=O) groups excluding carboxylic acids is 2. The van der Waals surface area contributed by atoms with Crippen LogP contribution in [0.2, 0.25) is 0 Å². The lowest BCUT2D eigenvalue weighted by Crippen LogP contribution is -2.37. The summed E-state index contributed by atoms with van der Waals surface area (Å²) in [5.41, 5.74) is 1.37. The molecular weight excluding hydrogens is 407 g/mol. The highest BCUT2D eigenvalue weighted by Gasteiger charge is 2.42. The van der Waals surface area contributed by atoms with E-state index in [1.54, 1.807) is 24.3 Å². The predicted octanol–water partition coefficient (Wildman–Crippen LogP) is 5.54. The number of amides is 2. The van der Waals surface area contributed by atoms with Gasteiger partial charge in [-0.05, 0) is 42.7 Å². The van der Waals surface area contributed by atoms with Crippen molar-refractivity contribution in [3.8, 4) is 5.75 Å². The molecule has 2 amide bonds. The fraction of sp³-hybridized carbons (Fsp3) is 0.231. The Morgan fingerprint density at radius 1 is 0.906 bits per heavy atom. The maximum atomic E-state index is 13.9. The highest BCUT2D eigenvalue weighted by Crippen LogP contribution is 2.42. The second-order valence-electron chi connectivity index (χ2n) is 7.96. The lowest BCUT2D eigenvalue weighted by atomic mass is 9.78. The van der Waals surface area contributed by atoms with Gasteiger partial charge in [0, 0.05) is 11.8 Å². The number of ether oxygens (including phenoxy) is 1. The Morgan fingerprint density at radius 3 is 2.28 bits per heavy atom. The van der Waals surface area contributed by atoms with Crippen LogP contribution in [0.1, 0.15) is 41.6 Å². The number of carbonyl (C=O) groups is 2. The highest BCUT2D eigenvalue weighted by atomic mass is 19.1. The van der Waals surface area contributed by atoms with Crippen LogP contribution >= 0.6 is 0 Å². The molecule has 4 rings (SSSR count). The monoisotopic (exact) mass is 432 g/mol. The number of benzene rings is 3. The van der Waals surface area contributed by atoms with Gasteiger partial charge in [-0.3, -0.25) is 9.59 Å². The Hall–Kier alpha value is -3.67. The largest absolute Gasteiger partial charge is 0.494 e. The second kappa shape index (κ2) is 9.22. The van der Waals surface area contributed by atoms with Crippen molar-refractivity contribution in [3.05, 3.63) is 89.7 Å². The summed E-state index contributed by atoms with van der Waals surface area (Å²) in [6, 6.07) is 20.6. The second-order valence-corrected chi connectivity index (χ2v) is 7.96. The van der Waals surface area contributed by atoms with Gasteiger partial charge < -0.3 is 15.4 Å². The van der Waals surface area contributed by atoms with Crippen LogP contribution in [0.5, 0.6) is 5.75 Å². The molecule has 0 atom stereocenters. The van der Waals surface area contributed by atoms with Crippen LogP contribution in [0.4, 0.5) is 15.8 Å². The van der Waals surface area contributed by atoms with Crippen molar-refractivity contribution >= 4 is 23.2 Å². The summed E-state index contributed by atoms with van der Waals surface area (Å²) in [7, 11) is 1.47. The zero-order valence-corrected chi connectivity index (χ0v) is 17.9. The van der Waals surface area contributed by atoms with Gasteiger partial charge in [0.05, 0.1) is 23.8 Å². The summed E-state index contributed by atoms with van der Waals surface area (Å²) >= 11 is 0. The van der Waals surface area contributed by atoms with Gasteiger partial charge in [-0.1, -0.05) is 55.3 Å². The first-order valence-electron chi connectivity index (χ1n) is 10.6. The molecule has 32 heavy (non-hydrogen) atoms. The number of hydrogen-bond acceptors (Lipinski definition) is 3. The van der Waals surface area contributed by atoms with Gasteiger partial charge in [-0.25, -0.2) is 4.39 Å². The van der Waals surface area contributed by atoms with E-state index in [4.69, 9.17) is 4.74 Å². The molecule has 0 saturated heterocycles. The van der Waals surface area contributed by atoms with Gasteiger partial charge in [0.1, 0.15) is 11.6 Å². The Balaban J connectivity index is 1.54. The van der Waals surface area contributed by atoms with E-state index >= 15 is 0 Å². The van der Waals surface area contributed by atoms with Crippen molar-refractivity contribution in [1.82, 2.24) is 0 Å². The Labute approximate surface area is 186 Å². The molecule has 1 aliphatic rings. The topological polar surface area (TPSA) is 67.4 Å². The third-order valence-electron chi connectivity index (χ3n) is 6.04. The zero-order valence-electron chi connectivity index (χ0n) is 17.9. The minimum absolute atomic E-state index is 0.0496. The van der Waals surface area contributed by atoms with Gasteiger partial charge in [0.2, 0.25) is 5.91 Å². The lowest BCUT2D eigenvalue weighted by Gasteiger charge is -2.28. The van der Waals surface area contributed by atoms with Crippen molar-refractivity contribution in [3.63, 3.8) is 0 Å². The minimum Gasteiger partial charge on any atom is -0.494 e. The third-order valence-corrected chi connectivity index (χ3v) is 6.04. The predicted molar refractivity (Wildman–Crippen MR) is 123 cm³/mol. The SMILES string of the molecule is COc1cc(NC(=O)C2(c3ccccc3)CCCC2)ccc1NC(=O)c1ccccc1F. The lowest BCUT2D eigenvalue weighted by molar-refractivity contribution is -0.121. The van der Waals surface area contributed by atoms with E-state index in [1.807, 2.05) is 30.3 Å². The van der Waals surface area contributed by atoms with Crippen molar-refractivity contribution in [2.45, 2.75) is 31.1 Å². The number of nitrogens with one attached hydrogen (secondary N) is 2. The molecule has 0 unspecified atom stereocenters. The number of rotatable bonds is 6. The molecule has 0 heterocycles. The number of methoxy groups -OCH3 is 1. The smallest absolute Gasteiger partial charge is 0.258 e. The molecule has 0 aliphatic heterocycles. The first-order chi connectivity index (χ1) is 15.5. The van der Waals surface area contributed by atoms with E-state index in [1.165, 1.54) is 25.3 Å². The Kier molecular flexibility index (Phi) is 6.21. The molecule has 0 aromatic heterocycles. The zero-order chi connectivity index (χ0) is 22.6. The summed E-state index contributed by atoms with van der Waals surface area (Å²) in [4.78, 5) is 25.8. The minimum atomic E-state index is -0.601. The number of halogens is 1. The molecule has 5 nitrogen and oxygen atoms in total. The fourth-order valence-corrected chi connectivity index (χ4v) is 4.34. The van der Waals surface area contributed by atoms with Crippen LogP contribution in [-0.4, -0.2) is 18.9 Å². The van der Waals surface area contributed by atoms with Crippen molar-refractivity contribution in [2.75, 3.05) is 17.7 Å². The summed E-state index contributed by atoms with van der Waals surface area (Å²) < 4.78 is 19.3. The Morgan fingerprint density at radius 2 is 1.59 bits per heavy atom. The normalized spacial score (nSPS) is 14.6. The van der Waals surface area contributed by atoms with Gasteiger partial charge in [-0.2, -0.15) is 0 Å². The van der Waals surface area contributed by atoms with Crippen molar-refractivity contribution in [2.24, 2.45) is 0 Å². The molecule has 1 fully saturated rings. The van der Waals surface area contributed by atoms with E-state index in [9.17, 15) is 14.0 Å². The van der Waals surface area contributed by atoms with Gasteiger partial charge in [0.15, 0.2) is 0 Å². The average molecular weight is 432 g/mol. The maximum Gasteiger partial charge on any atom is 0.258 e. The van der Waals surface area contributed by atoms with Crippen molar-refractivity contribution in [1.29, 1.82) is 0 Å². The first kappa shape index (κ1) is 21.6. The summed E-state index contributed by atoms with van der Waals surface area (Å²) in [6.45, 7) is 0. The molecule has 3 aromatic rings. The van der Waals surface area contributed by atoms with E-state index in [-0.39, 0.29) is 11.5 Å². The quantitative estimate of drug-likeness (QED) is 0.538. The standard InChI is InChI=1S/C26H25FN2O3/c1-32-23-17-19(13-14-22(23)29-24(30)20-11-5-6-12-21(20)27)28-25(31)26(15-7-8-16-26)18-9-3-2-4-10-18/h2-6,9-14,17H,7-8,15-16H2,1H3,(H,28,31)(H,29,30). The molecule has 2 N–H and O–H groups in total. The third kappa shape index (κ3) is 4.21. The summed E-state index contributed by atoms with van der Waals surface area (Å²) in [5, 5.41) is 5.70. The Bertz CT molecular complexity index is 1120. The van der Waals surface area contributed by atoms with Crippen LogP contribution in [-0.2, 0) is 10.2 Å². The van der Waals surface area contributed by atoms with Crippen LogP contribution < -0.4 is 15.4 Å². The highest BCUT2D eigenvalue weighted by molar-refractivity contribution is 6.05. The van der Waals surface area contributed by atoms with Crippen molar-refractivity contribution < 1.29 is 18.7 Å². The summed E-state index contributed by atoms with van der Waals surface area (Å²) in [5.74, 6) is -0.859. The van der Waals surface area contributed by atoms with Crippen LogP contribution in [0.3, 0.4) is 0 Å². The molecular formula is C26H25FN2O3. The number of anilines is 2. The number of hydrogen-bond donors (Lipinski definition) is 2. The van der Waals surface area contributed by atoms with E-state index < -0.39 is 17.1 Å². The maximum absolute atomic E-state index is 13.9. The molecule has 0 spiro atoms. The van der Waals surface area contributed by atoms with Crippen LogP contribution in [0.25, 0.3) is 0 Å². The molecule has 6 heteroatoms. The molecule has 3 aromatic carbocycles. The first-order valence-corrected chi connectivity index (χ1v) is 10.6.